The molecular formula is C8H9F3N2O2. The highest BCUT2D eigenvalue weighted by Gasteiger charge is 2.37. The molecule has 0 saturated carbocycles. The Kier molecular flexibility index (Phi) is 3.69. The van der Waals surface area contributed by atoms with Crippen molar-refractivity contribution in [3.63, 3.8) is 0 Å². The van der Waals surface area contributed by atoms with E-state index in [4.69, 9.17) is 5.73 Å². The van der Waals surface area contributed by atoms with Crippen LogP contribution in [0.1, 0.15) is 0 Å². The van der Waals surface area contributed by atoms with Crippen LogP contribution in [-0.2, 0) is 4.79 Å². The van der Waals surface area contributed by atoms with Gasteiger partial charge in [-0.25, -0.2) is 0 Å². The summed E-state index contributed by atoms with van der Waals surface area (Å²) in [6, 6.07) is 0. The molecule has 0 radical (unpaired) electrons. The second-order valence-electron chi connectivity index (χ2n) is 2.61. The van der Waals surface area contributed by atoms with E-state index in [0.717, 1.165) is 12.3 Å². The number of alkyl halides is 3. The molecule has 0 aromatic rings. The van der Waals surface area contributed by atoms with Gasteiger partial charge in [-0.2, -0.15) is 13.2 Å². The van der Waals surface area contributed by atoms with Crippen molar-refractivity contribution in [3.8, 4) is 0 Å². The van der Waals surface area contributed by atoms with E-state index in [0.29, 0.717) is 0 Å². The summed E-state index contributed by atoms with van der Waals surface area (Å²) >= 11 is 0. The van der Waals surface area contributed by atoms with Crippen LogP contribution in [0.2, 0.25) is 0 Å². The molecule has 0 unspecified atom stereocenters. The molecule has 5 N–H and O–H groups in total. The summed E-state index contributed by atoms with van der Waals surface area (Å²) in [5, 5.41) is 2.38. The smallest absolute Gasteiger partial charge is 0.412 e. The highest BCUT2D eigenvalue weighted by molar-refractivity contribution is 5.98. The minimum absolute atomic E-state index is 0. The molecule has 0 fully saturated rings. The molecule has 15 heavy (non-hydrogen) atoms. The summed E-state index contributed by atoms with van der Waals surface area (Å²) < 4.78 is 37.0. The Balaban J connectivity index is 0.00000196. The van der Waals surface area contributed by atoms with E-state index in [9.17, 15) is 18.0 Å². The van der Waals surface area contributed by atoms with Gasteiger partial charge in [-0.3, -0.25) is 4.79 Å². The Hall–Kier alpha value is -1.76. The first-order valence-electron chi connectivity index (χ1n) is 3.57. The minimum Gasteiger partial charge on any atom is -0.412 e. The molecule has 4 nitrogen and oxygen atoms in total. The molecule has 7 heteroatoms. The van der Waals surface area contributed by atoms with Crippen molar-refractivity contribution >= 4 is 5.91 Å². The number of halogens is 3. The second-order valence-corrected chi connectivity index (χ2v) is 2.61. The molecule has 1 amide bonds. The predicted octanol–water partition coefficient (Wildman–Crippen LogP) is 0.137. The summed E-state index contributed by atoms with van der Waals surface area (Å²) in [6.45, 7) is 3.26. The largest absolute Gasteiger partial charge is 0.417 e. The molecule has 1 rings (SSSR count). The van der Waals surface area contributed by atoms with Crippen molar-refractivity contribution in [2.24, 2.45) is 5.73 Å². The fraction of sp³-hybridized carbons (Fsp3) is 0.125. The molecule has 84 valence electrons. The summed E-state index contributed by atoms with van der Waals surface area (Å²) in [6.07, 6.45) is -2.81. The van der Waals surface area contributed by atoms with Gasteiger partial charge < -0.3 is 16.5 Å². The average Bonchev–Trinajstić information content (AvgIpc) is 2.01. The maximum absolute atomic E-state index is 12.3. The van der Waals surface area contributed by atoms with E-state index in [1.165, 1.54) is 0 Å². The Morgan fingerprint density at radius 2 is 2.00 bits per heavy atom. The first kappa shape index (κ1) is 13.2. The van der Waals surface area contributed by atoms with Gasteiger partial charge in [-0.05, 0) is 6.08 Å². The molecule has 0 saturated heterocycles. The van der Waals surface area contributed by atoms with Crippen LogP contribution in [0.4, 0.5) is 13.2 Å². The molecular weight excluding hydrogens is 213 g/mol. The van der Waals surface area contributed by atoms with Gasteiger partial charge in [0.15, 0.2) is 0 Å². The quantitative estimate of drug-likeness (QED) is 0.660. The number of carbonyl (C=O) groups is 1. The van der Waals surface area contributed by atoms with Crippen LogP contribution in [-0.4, -0.2) is 17.6 Å². The summed E-state index contributed by atoms with van der Waals surface area (Å²) in [5.74, 6) is -1.15. The highest BCUT2D eigenvalue weighted by Crippen LogP contribution is 2.32. The molecule has 0 atom stereocenters. The zero-order valence-corrected chi connectivity index (χ0v) is 7.48. The molecule has 0 aromatic heterocycles. The van der Waals surface area contributed by atoms with Gasteiger partial charge >= 0.3 is 6.18 Å². The van der Waals surface area contributed by atoms with E-state index in [1.807, 2.05) is 0 Å². The van der Waals surface area contributed by atoms with Crippen LogP contribution in [0, 0.1) is 0 Å². The maximum atomic E-state index is 12.3. The van der Waals surface area contributed by atoms with Crippen molar-refractivity contribution in [2.75, 3.05) is 0 Å². The van der Waals surface area contributed by atoms with E-state index in [-0.39, 0.29) is 11.2 Å². The molecule has 1 heterocycles. The van der Waals surface area contributed by atoms with Crippen LogP contribution >= 0.6 is 0 Å². The van der Waals surface area contributed by atoms with Gasteiger partial charge in [0, 0.05) is 11.9 Å². The number of dihydropyridines is 1. The fourth-order valence-electron chi connectivity index (χ4n) is 1.06. The number of amides is 1. The lowest BCUT2D eigenvalue weighted by Gasteiger charge is -2.18. The molecule has 0 bridgehead atoms. The number of hydrogen-bond donors (Lipinski definition) is 2. The number of rotatable bonds is 1. The molecule has 0 aliphatic carbocycles. The maximum Gasteiger partial charge on any atom is 0.417 e. The van der Waals surface area contributed by atoms with E-state index >= 15 is 0 Å². The van der Waals surface area contributed by atoms with Crippen molar-refractivity contribution in [1.29, 1.82) is 0 Å². The van der Waals surface area contributed by atoms with Crippen molar-refractivity contribution in [1.82, 2.24) is 5.32 Å². The van der Waals surface area contributed by atoms with Crippen LogP contribution in [0.25, 0.3) is 0 Å². The normalized spacial score (nSPS) is 15.8. The number of nitrogens with one attached hydrogen (secondary N) is 1. The van der Waals surface area contributed by atoms with Crippen molar-refractivity contribution in [3.05, 3.63) is 35.7 Å². The van der Waals surface area contributed by atoms with Crippen molar-refractivity contribution in [2.45, 2.75) is 6.18 Å². The second kappa shape index (κ2) is 4.18. The van der Waals surface area contributed by atoms with Gasteiger partial charge in [0.1, 0.15) is 0 Å². The third-order valence-corrected chi connectivity index (χ3v) is 1.63. The third kappa shape index (κ3) is 2.59. The van der Waals surface area contributed by atoms with Crippen molar-refractivity contribution < 1.29 is 23.4 Å². The summed E-state index contributed by atoms with van der Waals surface area (Å²) in [7, 11) is 0. The summed E-state index contributed by atoms with van der Waals surface area (Å²) in [5.41, 5.74) is 2.97. The lowest BCUT2D eigenvalue weighted by molar-refractivity contribution is -0.116. The highest BCUT2D eigenvalue weighted by atomic mass is 19.4. The number of hydrogen-bond acceptors (Lipinski definition) is 2. The van der Waals surface area contributed by atoms with Gasteiger partial charge in [-0.15, -0.1) is 0 Å². The monoisotopic (exact) mass is 222 g/mol. The number of nitrogens with two attached hydrogens (primary N) is 1. The van der Waals surface area contributed by atoms with E-state index < -0.39 is 23.2 Å². The zero-order chi connectivity index (χ0) is 10.9. The Morgan fingerprint density at radius 1 is 1.47 bits per heavy atom. The first-order chi connectivity index (χ1) is 6.34. The first-order valence-corrected chi connectivity index (χ1v) is 3.57. The van der Waals surface area contributed by atoms with Crippen LogP contribution in [0.15, 0.2) is 35.7 Å². The van der Waals surface area contributed by atoms with Crippen LogP contribution in [0.3, 0.4) is 0 Å². The minimum atomic E-state index is -4.61. The SMILES string of the molecule is C=C1NC=CC(C(F)(F)F)=C1C(N)=O.O. The van der Waals surface area contributed by atoms with Gasteiger partial charge in [0.05, 0.1) is 11.1 Å². The van der Waals surface area contributed by atoms with Crippen LogP contribution in [0.5, 0.6) is 0 Å². The molecule has 0 aromatic carbocycles. The standard InChI is InChI=1S/C8H7F3N2O.H2O/c1-4-6(7(12)14)5(2-3-13-4)8(9,10)11;/h2-3,13H,1H2,(H2,12,14);1H2. The number of carbonyl (C=O) groups excluding carboxylic acids is 1. The van der Waals surface area contributed by atoms with Gasteiger partial charge in [0.2, 0.25) is 0 Å². The number of primary amides is 1. The predicted molar refractivity (Wildman–Crippen MR) is 47.3 cm³/mol. The van der Waals surface area contributed by atoms with Gasteiger partial charge in [0.25, 0.3) is 5.91 Å². The van der Waals surface area contributed by atoms with E-state index in [2.05, 4.69) is 11.9 Å². The van der Waals surface area contributed by atoms with E-state index in [1.54, 1.807) is 0 Å². The van der Waals surface area contributed by atoms with Crippen LogP contribution < -0.4 is 11.1 Å². The lowest BCUT2D eigenvalue weighted by atomic mass is 10.0. The molecule has 1 aliphatic rings. The zero-order valence-electron chi connectivity index (χ0n) is 7.48. The third-order valence-electron chi connectivity index (χ3n) is 1.63. The fourth-order valence-corrected chi connectivity index (χ4v) is 1.06. The topological polar surface area (TPSA) is 86.6 Å². The Morgan fingerprint density at radius 3 is 2.33 bits per heavy atom. The average molecular weight is 222 g/mol. The Bertz CT molecular complexity index is 355. The summed E-state index contributed by atoms with van der Waals surface area (Å²) in [4.78, 5) is 10.8. The number of allylic oxidation sites excluding steroid dienone is 2. The Labute approximate surface area is 83.2 Å². The molecule has 1 aliphatic heterocycles. The molecule has 0 spiro atoms. The van der Waals surface area contributed by atoms with Gasteiger partial charge in [-0.1, -0.05) is 6.58 Å². The lowest BCUT2D eigenvalue weighted by Crippen LogP contribution is -2.28.